The number of amides is 2. The maximum atomic E-state index is 14.0. The van der Waals surface area contributed by atoms with Crippen LogP contribution in [0, 0.1) is 5.92 Å². The van der Waals surface area contributed by atoms with E-state index in [0.29, 0.717) is 18.8 Å². The average Bonchev–Trinajstić information content (AvgIpc) is 3.42. The Labute approximate surface area is 212 Å². The van der Waals surface area contributed by atoms with Crippen LogP contribution in [0.3, 0.4) is 0 Å². The molecule has 5 rings (SSSR count). The fourth-order valence-corrected chi connectivity index (χ4v) is 6.80. The summed E-state index contributed by atoms with van der Waals surface area (Å²) in [6.07, 6.45) is 5.29. The molecule has 6 heteroatoms. The van der Waals surface area contributed by atoms with Gasteiger partial charge in [-0.1, -0.05) is 51.1 Å². The lowest BCUT2D eigenvalue weighted by Crippen LogP contribution is -2.65. The Morgan fingerprint density at radius 2 is 1.89 bits per heavy atom. The van der Waals surface area contributed by atoms with E-state index < -0.39 is 5.54 Å². The van der Waals surface area contributed by atoms with Crippen LogP contribution in [0.5, 0.6) is 0 Å². The number of carbonyl (C=O) groups excluding carboxylic acids is 2. The van der Waals surface area contributed by atoms with Crippen LogP contribution >= 0.6 is 11.3 Å². The molecule has 2 aliphatic rings. The van der Waals surface area contributed by atoms with Crippen molar-refractivity contribution in [3.63, 3.8) is 0 Å². The van der Waals surface area contributed by atoms with E-state index in [1.165, 1.54) is 10.4 Å². The predicted octanol–water partition coefficient (Wildman–Crippen LogP) is 5.98. The van der Waals surface area contributed by atoms with Gasteiger partial charge in [-0.05, 0) is 68.6 Å². The van der Waals surface area contributed by atoms with Gasteiger partial charge in [0.05, 0.1) is 16.8 Å². The third-order valence-corrected chi connectivity index (χ3v) is 9.40. The van der Waals surface area contributed by atoms with E-state index in [1.807, 2.05) is 36.1 Å². The second kappa shape index (κ2) is 9.45. The summed E-state index contributed by atoms with van der Waals surface area (Å²) in [6, 6.07) is 14.7. The Hall–Kier alpha value is -2.60. The summed E-state index contributed by atoms with van der Waals surface area (Å²) in [6.45, 7) is 9.54. The number of carbonyl (C=O) groups is 2. The van der Waals surface area contributed by atoms with Crippen LogP contribution in [0.2, 0.25) is 0 Å². The van der Waals surface area contributed by atoms with Gasteiger partial charge in [0.2, 0.25) is 5.91 Å². The maximum Gasteiger partial charge on any atom is 0.271 e. The van der Waals surface area contributed by atoms with Crippen molar-refractivity contribution in [2.45, 2.75) is 83.8 Å². The zero-order chi connectivity index (χ0) is 24.7. The molecule has 1 aromatic carbocycles. The molecule has 1 aliphatic heterocycles. The summed E-state index contributed by atoms with van der Waals surface area (Å²) in [5.74, 6) is 0.775. The Kier molecular flexibility index (Phi) is 6.51. The number of hydrogen-bond acceptors (Lipinski definition) is 3. The van der Waals surface area contributed by atoms with Crippen molar-refractivity contribution in [1.82, 2.24) is 14.8 Å². The van der Waals surface area contributed by atoms with E-state index in [-0.39, 0.29) is 23.8 Å². The van der Waals surface area contributed by atoms with Crippen LogP contribution in [0.25, 0.3) is 10.2 Å². The molecule has 0 unspecified atom stereocenters. The first-order valence-electron chi connectivity index (χ1n) is 13.1. The van der Waals surface area contributed by atoms with Gasteiger partial charge in [0.15, 0.2) is 0 Å². The zero-order valence-electron chi connectivity index (χ0n) is 21.3. The van der Waals surface area contributed by atoms with Crippen LogP contribution < -0.4 is 5.32 Å². The first-order valence-corrected chi connectivity index (χ1v) is 13.9. The van der Waals surface area contributed by atoms with Crippen LogP contribution in [0.15, 0.2) is 42.5 Å². The van der Waals surface area contributed by atoms with Gasteiger partial charge in [-0.15, -0.1) is 11.3 Å². The highest BCUT2D eigenvalue weighted by molar-refractivity contribution is 7.19. The highest BCUT2D eigenvalue weighted by atomic mass is 32.1. The van der Waals surface area contributed by atoms with Crippen molar-refractivity contribution in [2.24, 2.45) is 5.92 Å². The minimum absolute atomic E-state index is 0.0240. The first-order chi connectivity index (χ1) is 16.8. The molecule has 1 aliphatic carbocycles. The van der Waals surface area contributed by atoms with Crippen molar-refractivity contribution < 1.29 is 9.59 Å². The van der Waals surface area contributed by atoms with Crippen molar-refractivity contribution in [3.05, 3.63) is 58.6 Å². The van der Waals surface area contributed by atoms with Crippen LogP contribution in [-0.4, -0.2) is 39.4 Å². The number of benzene rings is 1. The molecule has 186 valence electrons. The number of rotatable bonds is 6. The lowest BCUT2D eigenvalue weighted by atomic mass is 9.86. The number of aromatic nitrogens is 1. The zero-order valence-corrected chi connectivity index (χ0v) is 22.2. The highest BCUT2D eigenvalue weighted by Crippen LogP contribution is 2.37. The molecule has 5 nitrogen and oxygen atoms in total. The van der Waals surface area contributed by atoms with Crippen molar-refractivity contribution in [3.8, 4) is 0 Å². The van der Waals surface area contributed by atoms with E-state index in [1.54, 1.807) is 11.3 Å². The largest absolute Gasteiger partial charge is 0.351 e. The lowest BCUT2D eigenvalue weighted by molar-refractivity contribution is -0.134. The molecule has 35 heavy (non-hydrogen) atoms. The normalized spacial score (nSPS) is 25.5. The number of nitrogens with one attached hydrogen (secondary N) is 1. The van der Waals surface area contributed by atoms with Gasteiger partial charge in [0.1, 0.15) is 11.2 Å². The van der Waals surface area contributed by atoms with Gasteiger partial charge in [-0.3, -0.25) is 9.59 Å². The van der Waals surface area contributed by atoms with E-state index in [0.717, 1.165) is 48.2 Å². The monoisotopic (exact) mass is 491 g/mol. The van der Waals surface area contributed by atoms with Crippen molar-refractivity contribution in [2.75, 3.05) is 6.54 Å². The van der Waals surface area contributed by atoms with E-state index in [4.69, 9.17) is 0 Å². The van der Waals surface area contributed by atoms with Crippen molar-refractivity contribution >= 4 is 33.4 Å². The SMILES string of the molecule is CCc1cc2c(cc3n2C[C@](C)(C(=O)NC2CCC(C)CC2)N(C[C@@H](C)c2ccccc2)C3=O)s1. The summed E-state index contributed by atoms with van der Waals surface area (Å²) in [5, 5.41) is 3.36. The smallest absolute Gasteiger partial charge is 0.271 e. The molecule has 1 N–H and O–H groups in total. The molecule has 3 aromatic rings. The Bertz CT molecular complexity index is 1220. The van der Waals surface area contributed by atoms with Gasteiger partial charge >= 0.3 is 0 Å². The number of aryl methyl sites for hydroxylation is 1. The lowest BCUT2D eigenvalue weighted by Gasteiger charge is -2.46. The highest BCUT2D eigenvalue weighted by Gasteiger charge is 2.48. The molecule has 0 spiro atoms. The third-order valence-electron chi connectivity index (χ3n) is 8.18. The molecule has 3 heterocycles. The molecular formula is C29H37N3O2S. The number of thiophene rings is 1. The summed E-state index contributed by atoms with van der Waals surface area (Å²) < 4.78 is 3.23. The number of nitrogens with zero attached hydrogens (tertiary/aromatic N) is 2. The summed E-state index contributed by atoms with van der Waals surface area (Å²) >= 11 is 1.75. The van der Waals surface area contributed by atoms with Crippen LogP contribution in [0.4, 0.5) is 0 Å². The average molecular weight is 492 g/mol. The molecule has 1 fully saturated rings. The molecular weight excluding hydrogens is 454 g/mol. The van der Waals surface area contributed by atoms with Gasteiger partial charge in [-0.25, -0.2) is 0 Å². The number of hydrogen-bond donors (Lipinski definition) is 1. The number of fused-ring (bicyclic) bond motifs is 3. The molecule has 1 saturated carbocycles. The molecule has 0 radical (unpaired) electrons. The van der Waals surface area contributed by atoms with Crippen LogP contribution in [0.1, 0.15) is 80.2 Å². The van der Waals surface area contributed by atoms with Gasteiger partial charge < -0.3 is 14.8 Å². The fraction of sp³-hybridized carbons (Fsp3) is 0.517. The summed E-state index contributed by atoms with van der Waals surface area (Å²) in [7, 11) is 0. The second-order valence-electron chi connectivity index (χ2n) is 10.9. The third kappa shape index (κ3) is 4.42. The molecule has 0 bridgehead atoms. The van der Waals surface area contributed by atoms with Gasteiger partial charge in [0.25, 0.3) is 5.91 Å². The molecule has 0 saturated heterocycles. The topological polar surface area (TPSA) is 54.3 Å². The standard InChI is InChI=1S/C29H37N3O2S/c1-5-23-15-24-26(35-23)16-25-27(33)32(17-20(3)21-9-7-6-8-10-21)29(4,18-31(24)25)28(34)30-22-13-11-19(2)12-14-22/h6-10,15-16,19-20,22H,5,11-14,17-18H2,1-4H3,(H,30,34)/t19?,20-,22?,29-/m1/s1. The molecule has 2 amide bonds. The van der Waals surface area contributed by atoms with Crippen LogP contribution in [-0.2, 0) is 17.8 Å². The quantitative estimate of drug-likeness (QED) is 0.461. The second-order valence-corrected chi connectivity index (χ2v) is 12.0. The van der Waals surface area contributed by atoms with Gasteiger partial charge in [-0.2, -0.15) is 0 Å². The Balaban J connectivity index is 1.50. The summed E-state index contributed by atoms with van der Waals surface area (Å²) in [4.78, 5) is 31.1. The Morgan fingerprint density at radius 3 is 2.57 bits per heavy atom. The minimum atomic E-state index is -0.948. The summed E-state index contributed by atoms with van der Waals surface area (Å²) in [5.41, 5.74) is 2.01. The molecule has 2 aromatic heterocycles. The minimum Gasteiger partial charge on any atom is -0.351 e. The van der Waals surface area contributed by atoms with E-state index in [2.05, 4.69) is 48.9 Å². The van der Waals surface area contributed by atoms with Crippen molar-refractivity contribution in [1.29, 1.82) is 0 Å². The maximum absolute atomic E-state index is 14.0. The first kappa shape index (κ1) is 24.1. The Morgan fingerprint density at radius 1 is 1.17 bits per heavy atom. The van der Waals surface area contributed by atoms with Gasteiger partial charge in [0, 0.05) is 17.5 Å². The van der Waals surface area contributed by atoms with E-state index in [9.17, 15) is 9.59 Å². The van der Waals surface area contributed by atoms with E-state index >= 15 is 0 Å². The molecule has 2 atom stereocenters. The fourth-order valence-electron chi connectivity index (χ4n) is 5.76. The predicted molar refractivity (Wildman–Crippen MR) is 143 cm³/mol.